The fourth-order valence-electron chi connectivity index (χ4n) is 1.29. The number of fused-ring (bicyclic) bond motifs is 1. The van der Waals surface area contributed by atoms with Gasteiger partial charge in [-0.15, -0.1) is 0 Å². The van der Waals surface area contributed by atoms with Crippen LogP contribution in [-0.4, -0.2) is 37.8 Å². The molecule has 0 aliphatic rings. The van der Waals surface area contributed by atoms with Crippen LogP contribution in [0, 0.1) is 5.41 Å². The second kappa shape index (κ2) is 4.17. The van der Waals surface area contributed by atoms with Crippen molar-refractivity contribution in [3.63, 3.8) is 0 Å². The number of hydrogen-bond acceptors (Lipinski definition) is 5. The summed E-state index contributed by atoms with van der Waals surface area (Å²) in [6, 6.07) is 1.67. The third kappa shape index (κ3) is 2.44. The minimum atomic E-state index is -0.310. The lowest BCUT2D eigenvalue weighted by Gasteiger charge is -2.21. The van der Waals surface area contributed by atoms with Gasteiger partial charge in [0, 0.05) is 24.6 Å². The van der Waals surface area contributed by atoms with E-state index in [0.717, 1.165) is 0 Å². The second-order valence-electron chi connectivity index (χ2n) is 4.71. The number of aromatic nitrogens is 4. The predicted molar refractivity (Wildman–Crippen MR) is 63.0 cm³/mol. The zero-order valence-corrected chi connectivity index (χ0v) is 9.77. The van der Waals surface area contributed by atoms with Crippen molar-refractivity contribution in [3.05, 3.63) is 22.9 Å². The highest BCUT2D eigenvalue weighted by molar-refractivity contribution is 5.48. The highest BCUT2D eigenvalue weighted by Crippen LogP contribution is 2.14. The first-order valence-electron chi connectivity index (χ1n) is 5.29. The van der Waals surface area contributed by atoms with Gasteiger partial charge in [-0.05, 0) is 0 Å². The largest absolute Gasteiger partial charge is 0.396 e. The molecule has 2 heterocycles. The molecule has 0 spiro atoms. The van der Waals surface area contributed by atoms with E-state index < -0.39 is 0 Å². The Morgan fingerprint density at radius 2 is 2.35 bits per heavy atom. The molecule has 0 radical (unpaired) electrons. The van der Waals surface area contributed by atoms with Crippen LogP contribution in [0.4, 0.5) is 5.82 Å². The van der Waals surface area contributed by atoms with Gasteiger partial charge >= 0.3 is 5.69 Å². The van der Waals surface area contributed by atoms with E-state index >= 15 is 0 Å². The van der Waals surface area contributed by atoms with Gasteiger partial charge in [-0.1, -0.05) is 13.8 Å². The van der Waals surface area contributed by atoms with Crippen molar-refractivity contribution in [2.45, 2.75) is 13.8 Å². The van der Waals surface area contributed by atoms with Gasteiger partial charge in [-0.2, -0.15) is 5.10 Å². The topological polar surface area (TPSA) is 95.3 Å². The smallest absolute Gasteiger partial charge is 0.348 e. The van der Waals surface area contributed by atoms with E-state index in [2.05, 4.69) is 20.5 Å². The minimum Gasteiger partial charge on any atom is -0.396 e. The van der Waals surface area contributed by atoms with E-state index in [1.807, 2.05) is 13.8 Å². The number of aromatic amines is 1. The Labute approximate surface area is 97.5 Å². The molecule has 0 amide bonds. The standard InChI is InChI=1S/C10H15N5O2/c1-10(2,5-16)4-11-7-3-8-13-14-9(17)15(8)6-12-7/h3,6,11,16H,4-5H2,1-2H3,(H,14,17). The van der Waals surface area contributed by atoms with Crippen LogP contribution < -0.4 is 11.0 Å². The maximum absolute atomic E-state index is 11.2. The molecule has 0 bridgehead atoms. The van der Waals surface area contributed by atoms with E-state index in [1.54, 1.807) is 6.07 Å². The first-order valence-corrected chi connectivity index (χ1v) is 5.29. The monoisotopic (exact) mass is 237 g/mol. The molecule has 0 saturated carbocycles. The molecule has 7 heteroatoms. The van der Waals surface area contributed by atoms with Crippen molar-refractivity contribution in [1.82, 2.24) is 19.6 Å². The van der Waals surface area contributed by atoms with E-state index in [9.17, 15) is 4.79 Å². The van der Waals surface area contributed by atoms with E-state index in [-0.39, 0.29) is 17.7 Å². The third-order valence-electron chi connectivity index (χ3n) is 2.49. The molecular weight excluding hydrogens is 222 g/mol. The van der Waals surface area contributed by atoms with Crippen molar-refractivity contribution in [2.24, 2.45) is 5.41 Å². The van der Waals surface area contributed by atoms with Crippen LogP contribution in [0.15, 0.2) is 17.2 Å². The predicted octanol–water partition coefficient (Wildman–Crippen LogP) is -0.152. The van der Waals surface area contributed by atoms with Gasteiger partial charge in [-0.3, -0.25) is 0 Å². The average molecular weight is 237 g/mol. The highest BCUT2D eigenvalue weighted by atomic mass is 16.3. The van der Waals surface area contributed by atoms with Gasteiger partial charge in [-0.25, -0.2) is 19.3 Å². The van der Waals surface area contributed by atoms with Crippen molar-refractivity contribution in [1.29, 1.82) is 0 Å². The quantitative estimate of drug-likeness (QED) is 0.687. The van der Waals surface area contributed by atoms with Crippen LogP contribution in [0.5, 0.6) is 0 Å². The molecule has 7 nitrogen and oxygen atoms in total. The number of nitrogens with zero attached hydrogens (tertiary/aromatic N) is 3. The molecule has 3 N–H and O–H groups in total. The minimum absolute atomic E-state index is 0.0874. The molecule has 0 unspecified atom stereocenters. The molecule has 0 aliphatic heterocycles. The lowest BCUT2D eigenvalue weighted by atomic mass is 9.95. The molecular formula is C10H15N5O2. The van der Waals surface area contributed by atoms with E-state index in [4.69, 9.17) is 5.11 Å². The highest BCUT2D eigenvalue weighted by Gasteiger charge is 2.16. The summed E-state index contributed by atoms with van der Waals surface area (Å²) in [6.45, 7) is 4.56. The Kier molecular flexibility index (Phi) is 2.84. The maximum Gasteiger partial charge on any atom is 0.348 e. The summed E-state index contributed by atoms with van der Waals surface area (Å²) < 4.78 is 1.32. The Hall–Kier alpha value is -1.89. The van der Waals surface area contributed by atoms with Crippen LogP contribution in [0.25, 0.3) is 5.65 Å². The van der Waals surface area contributed by atoms with Gasteiger partial charge in [0.05, 0.1) is 0 Å². The van der Waals surface area contributed by atoms with Gasteiger partial charge in [0.1, 0.15) is 12.1 Å². The summed E-state index contributed by atoms with van der Waals surface area (Å²) in [7, 11) is 0. The van der Waals surface area contributed by atoms with Crippen molar-refractivity contribution in [3.8, 4) is 0 Å². The average Bonchev–Trinajstić information content (AvgIpc) is 2.68. The third-order valence-corrected chi connectivity index (χ3v) is 2.49. The second-order valence-corrected chi connectivity index (χ2v) is 4.71. The number of aliphatic hydroxyl groups is 1. The molecule has 0 aliphatic carbocycles. The fraction of sp³-hybridized carbons (Fsp3) is 0.500. The maximum atomic E-state index is 11.2. The lowest BCUT2D eigenvalue weighted by Crippen LogP contribution is -2.27. The van der Waals surface area contributed by atoms with Crippen LogP contribution in [-0.2, 0) is 0 Å². The van der Waals surface area contributed by atoms with Crippen LogP contribution in [0.1, 0.15) is 13.8 Å². The Balaban J connectivity index is 2.17. The Bertz CT molecular complexity index is 571. The normalized spacial score (nSPS) is 11.9. The molecule has 17 heavy (non-hydrogen) atoms. The van der Waals surface area contributed by atoms with Crippen molar-refractivity contribution < 1.29 is 5.11 Å². The molecule has 2 aromatic rings. The zero-order valence-electron chi connectivity index (χ0n) is 9.77. The Morgan fingerprint density at radius 1 is 1.59 bits per heavy atom. The first-order chi connectivity index (χ1) is 8.02. The number of nitrogens with one attached hydrogen (secondary N) is 2. The number of hydrogen-bond donors (Lipinski definition) is 3. The SMILES string of the molecule is CC(C)(CO)CNc1cc2n[nH]c(=O)n2cn1. The summed E-state index contributed by atoms with van der Waals surface area (Å²) >= 11 is 0. The van der Waals surface area contributed by atoms with Crippen LogP contribution >= 0.6 is 0 Å². The van der Waals surface area contributed by atoms with Crippen LogP contribution in [0.3, 0.4) is 0 Å². The number of rotatable bonds is 4. The molecule has 2 rings (SSSR count). The molecule has 92 valence electrons. The van der Waals surface area contributed by atoms with Gasteiger partial charge in [0.15, 0.2) is 5.65 Å². The van der Waals surface area contributed by atoms with Crippen molar-refractivity contribution >= 4 is 11.5 Å². The first kappa shape index (κ1) is 11.6. The zero-order chi connectivity index (χ0) is 12.5. The van der Waals surface area contributed by atoms with Gasteiger partial charge < -0.3 is 10.4 Å². The summed E-state index contributed by atoms with van der Waals surface area (Å²) in [6.07, 6.45) is 1.41. The molecule has 2 aromatic heterocycles. The molecule has 0 saturated heterocycles. The number of H-pyrrole nitrogens is 1. The summed E-state index contributed by atoms with van der Waals surface area (Å²) in [5.74, 6) is 0.623. The van der Waals surface area contributed by atoms with Gasteiger partial charge in [0.2, 0.25) is 0 Å². The summed E-state index contributed by atoms with van der Waals surface area (Å²) in [4.78, 5) is 15.3. The molecule has 0 fully saturated rings. The van der Waals surface area contributed by atoms with E-state index in [1.165, 1.54) is 10.7 Å². The van der Waals surface area contributed by atoms with Crippen LogP contribution in [0.2, 0.25) is 0 Å². The Morgan fingerprint density at radius 3 is 3.06 bits per heavy atom. The molecule has 0 atom stereocenters. The van der Waals surface area contributed by atoms with E-state index in [0.29, 0.717) is 18.0 Å². The number of aliphatic hydroxyl groups excluding tert-OH is 1. The van der Waals surface area contributed by atoms with Gasteiger partial charge in [0.25, 0.3) is 0 Å². The summed E-state index contributed by atoms with van der Waals surface area (Å²) in [5, 5.41) is 18.4. The number of anilines is 1. The summed E-state index contributed by atoms with van der Waals surface area (Å²) in [5.41, 5.74) is -0.0250. The molecule has 0 aromatic carbocycles. The lowest BCUT2D eigenvalue weighted by molar-refractivity contribution is 0.170. The van der Waals surface area contributed by atoms with Crippen molar-refractivity contribution in [2.75, 3.05) is 18.5 Å². The fourth-order valence-corrected chi connectivity index (χ4v) is 1.29.